The largest absolute Gasteiger partial charge is 0.334 e. The molecule has 0 aliphatic heterocycles. The Morgan fingerprint density at radius 1 is 1.21 bits per heavy atom. The second kappa shape index (κ2) is 7.44. The first-order valence-electron chi connectivity index (χ1n) is 7.26. The highest BCUT2D eigenvalue weighted by Crippen LogP contribution is 2.21. The number of halogens is 2. The monoisotopic (exact) mass is 413 g/mol. The number of carbonyl (C=O) groups excluding carboxylic acids is 1. The summed E-state index contributed by atoms with van der Waals surface area (Å²) in [6.07, 6.45) is 1.06. The van der Waals surface area contributed by atoms with Gasteiger partial charge >= 0.3 is 0 Å². The molecule has 128 valence electrons. The molecule has 4 nitrogen and oxygen atoms in total. The number of nitrogens with zero attached hydrogens (tertiary/aromatic N) is 1. The first kappa shape index (κ1) is 18.6. The van der Waals surface area contributed by atoms with Gasteiger partial charge < -0.3 is 4.90 Å². The van der Waals surface area contributed by atoms with Crippen LogP contribution in [0.15, 0.2) is 51.8 Å². The summed E-state index contributed by atoms with van der Waals surface area (Å²) in [5.41, 5.74) is 0.452. The van der Waals surface area contributed by atoms with Gasteiger partial charge in [0.1, 0.15) is 5.82 Å². The average molecular weight is 414 g/mol. The van der Waals surface area contributed by atoms with Crippen molar-refractivity contribution in [2.45, 2.75) is 18.4 Å². The van der Waals surface area contributed by atoms with Crippen LogP contribution < -0.4 is 0 Å². The second-order valence-corrected chi connectivity index (χ2v) is 8.22. The Kier molecular flexibility index (Phi) is 5.77. The molecule has 0 heterocycles. The molecule has 0 saturated heterocycles. The molecule has 0 bridgehead atoms. The quantitative estimate of drug-likeness (QED) is 0.751. The molecule has 0 spiro atoms. The molecular weight excluding hydrogens is 397 g/mol. The van der Waals surface area contributed by atoms with Gasteiger partial charge in [-0.2, -0.15) is 0 Å². The molecule has 0 aliphatic carbocycles. The SMILES string of the molecule is CCN(Cc1cc(Br)ccc1F)C(=O)c1ccccc1S(C)(=O)=O. The summed E-state index contributed by atoms with van der Waals surface area (Å²) in [4.78, 5) is 14.2. The highest BCUT2D eigenvalue weighted by atomic mass is 79.9. The molecule has 2 aromatic rings. The molecular formula is C17H17BrFNO3S. The van der Waals surface area contributed by atoms with E-state index < -0.39 is 21.6 Å². The van der Waals surface area contributed by atoms with E-state index in [1.165, 1.54) is 23.1 Å². The zero-order valence-corrected chi connectivity index (χ0v) is 15.7. The number of hydrogen-bond acceptors (Lipinski definition) is 3. The van der Waals surface area contributed by atoms with Crippen LogP contribution in [-0.2, 0) is 16.4 Å². The van der Waals surface area contributed by atoms with E-state index in [-0.39, 0.29) is 17.0 Å². The van der Waals surface area contributed by atoms with E-state index in [1.807, 2.05) is 0 Å². The molecule has 0 unspecified atom stereocenters. The number of benzene rings is 2. The first-order chi connectivity index (χ1) is 11.2. The van der Waals surface area contributed by atoms with Gasteiger partial charge in [0.2, 0.25) is 0 Å². The number of sulfone groups is 1. The molecule has 0 fully saturated rings. The van der Waals surface area contributed by atoms with Crippen molar-refractivity contribution in [3.8, 4) is 0 Å². The van der Waals surface area contributed by atoms with Crippen LogP contribution in [0, 0.1) is 5.82 Å². The Morgan fingerprint density at radius 3 is 2.50 bits per heavy atom. The molecule has 0 aliphatic rings. The van der Waals surface area contributed by atoms with Crippen LogP contribution in [0.4, 0.5) is 4.39 Å². The van der Waals surface area contributed by atoms with Crippen LogP contribution in [0.25, 0.3) is 0 Å². The van der Waals surface area contributed by atoms with Gasteiger partial charge in [0, 0.05) is 29.4 Å². The third-order valence-corrected chi connectivity index (χ3v) is 5.20. The smallest absolute Gasteiger partial charge is 0.255 e. The van der Waals surface area contributed by atoms with Crippen LogP contribution in [0.5, 0.6) is 0 Å². The summed E-state index contributed by atoms with van der Waals surface area (Å²) in [5.74, 6) is -0.862. The lowest BCUT2D eigenvalue weighted by Crippen LogP contribution is -2.31. The van der Waals surface area contributed by atoms with Gasteiger partial charge in [-0.15, -0.1) is 0 Å². The van der Waals surface area contributed by atoms with E-state index in [0.717, 1.165) is 6.26 Å². The first-order valence-corrected chi connectivity index (χ1v) is 9.94. The second-order valence-electron chi connectivity index (χ2n) is 5.32. The molecule has 7 heteroatoms. The zero-order valence-electron chi connectivity index (χ0n) is 13.3. The average Bonchev–Trinajstić information content (AvgIpc) is 2.54. The number of hydrogen-bond donors (Lipinski definition) is 0. The van der Waals surface area contributed by atoms with Crippen LogP contribution in [0.1, 0.15) is 22.8 Å². The summed E-state index contributed by atoms with van der Waals surface area (Å²) >= 11 is 3.28. The maximum absolute atomic E-state index is 13.9. The molecule has 0 radical (unpaired) electrons. The lowest BCUT2D eigenvalue weighted by atomic mass is 10.1. The summed E-state index contributed by atoms with van der Waals surface area (Å²) in [5, 5.41) is 0. The summed E-state index contributed by atoms with van der Waals surface area (Å²) in [6.45, 7) is 2.14. The Balaban J connectivity index is 2.39. The highest BCUT2D eigenvalue weighted by Gasteiger charge is 2.22. The molecule has 0 aromatic heterocycles. The third-order valence-electron chi connectivity index (χ3n) is 3.55. The predicted molar refractivity (Wildman–Crippen MR) is 94.1 cm³/mol. The molecule has 2 aromatic carbocycles. The van der Waals surface area contributed by atoms with E-state index in [0.29, 0.717) is 16.6 Å². The minimum atomic E-state index is -3.54. The van der Waals surface area contributed by atoms with Gasteiger partial charge in [0.15, 0.2) is 9.84 Å². The van der Waals surface area contributed by atoms with Gasteiger partial charge in [0.05, 0.1) is 10.5 Å². The van der Waals surface area contributed by atoms with Crippen molar-refractivity contribution < 1.29 is 17.6 Å². The van der Waals surface area contributed by atoms with E-state index in [1.54, 1.807) is 31.2 Å². The van der Waals surface area contributed by atoms with Crippen LogP contribution in [0.3, 0.4) is 0 Å². The van der Waals surface area contributed by atoms with Crippen molar-refractivity contribution >= 4 is 31.7 Å². The van der Waals surface area contributed by atoms with Gasteiger partial charge in [-0.05, 0) is 37.3 Å². The normalized spacial score (nSPS) is 11.3. The van der Waals surface area contributed by atoms with E-state index in [4.69, 9.17) is 0 Å². The van der Waals surface area contributed by atoms with E-state index >= 15 is 0 Å². The van der Waals surface area contributed by atoms with Crippen molar-refractivity contribution in [3.63, 3.8) is 0 Å². The molecule has 0 saturated carbocycles. The molecule has 0 N–H and O–H groups in total. The Morgan fingerprint density at radius 2 is 1.88 bits per heavy atom. The maximum atomic E-state index is 13.9. The third kappa shape index (κ3) is 4.21. The fourth-order valence-corrected chi connectivity index (χ4v) is 3.62. The molecule has 2 rings (SSSR count). The Hall–Kier alpha value is -1.73. The fraction of sp³-hybridized carbons (Fsp3) is 0.235. The summed E-state index contributed by atoms with van der Waals surface area (Å²) in [7, 11) is -3.54. The summed E-state index contributed by atoms with van der Waals surface area (Å²) in [6, 6.07) is 10.5. The lowest BCUT2D eigenvalue weighted by Gasteiger charge is -2.22. The Bertz CT molecular complexity index is 868. The number of amides is 1. The zero-order chi connectivity index (χ0) is 17.9. The van der Waals surface area contributed by atoms with Crippen molar-refractivity contribution in [1.29, 1.82) is 0 Å². The van der Waals surface area contributed by atoms with E-state index in [2.05, 4.69) is 15.9 Å². The fourth-order valence-electron chi connectivity index (χ4n) is 2.33. The van der Waals surface area contributed by atoms with Crippen LogP contribution >= 0.6 is 15.9 Å². The lowest BCUT2D eigenvalue weighted by molar-refractivity contribution is 0.0747. The minimum absolute atomic E-state index is 0.0248. The van der Waals surface area contributed by atoms with Crippen molar-refractivity contribution in [2.75, 3.05) is 12.8 Å². The van der Waals surface area contributed by atoms with Gasteiger partial charge in [-0.1, -0.05) is 28.1 Å². The number of carbonyl (C=O) groups is 1. The maximum Gasteiger partial charge on any atom is 0.255 e. The Labute approximate surface area is 149 Å². The number of rotatable bonds is 5. The van der Waals surface area contributed by atoms with Crippen molar-refractivity contribution in [3.05, 3.63) is 63.9 Å². The van der Waals surface area contributed by atoms with Crippen molar-refractivity contribution in [1.82, 2.24) is 4.90 Å². The summed E-state index contributed by atoms with van der Waals surface area (Å²) < 4.78 is 38.4. The van der Waals surface area contributed by atoms with Gasteiger partial charge in [-0.25, -0.2) is 12.8 Å². The molecule has 1 amide bonds. The minimum Gasteiger partial charge on any atom is -0.334 e. The van der Waals surface area contributed by atoms with Crippen LogP contribution in [-0.4, -0.2) is 32.0 Å². The molecule has 24 heavy (non-hydrogen) atoms. The predicted octanol–water partition coefficient (Wildman–Crippen LogP) is 3.65. The van der Waals surface area contributed by atoms with Gasteiger partial charge in [0.25, 0.3) is 5.91 Å². The standard InChI is InChI=1S/C17H17BrFNO3S/c1-3-20(11-12-10-13(18)8-9-15(12)19)17(21)14-6-4-5-7-16(14)24(2,22)23/h4-10H,3,11H2,1-2H3. The van der Waals surface area contributed by atoms with Crippen molar-refractivity contribution in [2.24, 2.45) is 0 Å². The molecule has 0 atom stereocenters. The highest BCUT2D eigenvalue weighted by molar-refractivity contribution is 9.10. The van der Waals surface area contributed by atoms with Crippen LogP contribution in [0.2, 0.25) is 0 Å². The topological polar surface area (TPSA) is 54.5 Å². The van der Waals surface area contributed by atoms with E-state index in [9.17, 15) is 17.6 Å². The van der Waals surface area contributed by atoms with Gasteiger partial charge in [-0.3, -0.25) is 4.79 Å².